The number of ether oxygens (including phenoxy) is 1. The van der Waals surface area contributed by atoms with Gasteiger partial charge in [0.1, 0.15) is 24.5 Å². The van der Waals surface area contributed by atoms with Crippen LogP contribution in [0.3, 0.4) is 0 Å². The predicted octanol–water partition coefficient (Wildman–Crippen LogP) is 0.222. The molecule has 5 fully saturated rings. The molecular weight excluding hydrogens is 508 g/mol. The van der Waals surface area contributed by atoms with Gasteiger partial charge in [-0.1, -0.05) is 19.4 Å². The zero-order chi connectivity index (χ0) is 27.6. The summed E-state index contributed by atoms with van der Waals surface area (Å²) in [6.07, 6.45) is 5.84. The van der Waals surface area contributed by atoms with Crippen molar-refractivity contribution in [2.75, 3.05) is 37.6 Å². The van der Waals surface area contributed by atoms with Gasteiger partial charge in [0.15, 0.2) is 0 Å². The van der Waals surface area contributed by atoms with Gasteiger partial charge in [0, 0.05) is 19.3 Å². The number of aliphatic hydroxyl groups is 2. The van der Waals surface area contributed by atoms with Crippen molar-refractivity contribution in [1.29, 1.82) is 0 Å². The number of fused-ring (bicyclic) bond motifs is 2. The van der Waals surface area contributed by atoms with E-state index in [0.717, 1.165) is 12.3 Å². The van der Waals surface area contributed by atoms with Crippen molar-refractivity contribution in [3.63, 3.8) is 0 Å². The number of nitrogens with two attached hydrogens (primary N) is 1. The molecule has 4 heterocycles. The molecule has 9 N–H and O–H groups in total. The molecule has 40 heavy (non-hydrogen) atoms. The average Bonchev–Trinajstić information content (AvgIpc) is 3.58. The summed E-state index contributed by atoms with van der Waals surface area (Å²) in [6, 6.07) is 7.45. The van der Waals surface area contributed by atoms with Gasteiger partial charge in [0.25, 0.3) is 0 Å². The fourth-order valence-electron chi connectivity index (χ4n) is 7.85. The summed E-state index contributed by atoms with van der Waals surface area (Å²) >= 11 is 0. The van der Waals surface area contributed by atoms with Crippen LogP contribution in [0.4, 0.5) is 11.4 Å². The van der Waals surface area contributed by atoms with Crippen LogP contribution in [0.1, 0.15) is 57.4 Å². The van der Waals surface area contributed by atoms with Gasteiger partial charge >= 0.3 is 0 Å². The van der Waals surface area contributed by atoms with E-state index in [1.54, 1.807) is 0 Å². The average molecular weight is 557 g/mol. The summed E-state index contributed by atoms with van der Waals surface area (Å²) in [6.45, 7) is 4.15. The number of hydrogen-bond acceptors (Lipinski definition) is 11. The van der Waals surface area contributed by atoms with Crippen LogP contribution < -0.4 is 32.3 Å². The van der Waals surface area contributed by atoms with Crippen LogP contribution in [-0.4, -0.2) is 102 Å². The number of nitrogens with one attached hydrogen (secondary N) is 5. The Bertz CT molecular complexity index is 1070. The summed E-state index contributed by atoms with van der Waals surface area (Å²) in [4.78, 5) is 4.37. The number of anilines is 2. The van der Waals surface area contributed by atoms with E-state index in [4.69, 9.17) is 10.5 Å². The highest BCUT2D eigenvalue weighted by Gasteiger charge is 2.52. The first kappa shape index (κ1) is 27.3. The van der Waals surface area contributed by atoms with Crippen LogP contribution >= 0.6 is 0 Å². The van der Waals surface area contributed by atoms with E-state index in [1.807, 2.05) is 0 Å². The maximum absolute atomic E-state index is 10.9. The Morgan fingerprint density at radius 3 is 2.65 bits per heavy atom. The minimum absolute atomic E-state index is 0.0207. The van der Waals surface area contributed by atoms with Gasteiger partial charge < -0.3 is 36.2 Å². The summed E-state index contributed by atoms with van der Waals surface area (Å²) in [5.74, 6) is 0.722. The van der Waals surface area contributed by atoms with E-state index in [2.05, 4.69) is 68.6 Å². The van der Waals surface area contributed by atoms with Crippen molar-refractivity contribution in [1.82, 2.24) is 25.8 Å². The van der Waals surface area contributed by atoms with Crippen LogP contribution in [0.15, 0.2) is 18.2 Å². The largest absolute Gasteiger partial charge is 0.387 e. The second kappa shape index (κ2) is 10.6. The van der Waals surface area contributed by atoms with Crippen LogP contribution in [-0.2, 0) is 10.2 Å². The molecular formula is C29H48N8O3. The molecule has 6 aliphatic rings. The maximum Gasteiger partial charge on any atom is 0.142 e. The van der Waals surface area contributed by atoms with Crippen LogP contribution in [0.5, 0.6) is 0 Å². The Morgan fingerprint density at radius 1 is 1.07 bits per heavy atom. The van der Waals surface area contributed by atoms with E-state index in [9.17, 15) is 10.2 Å². The molecule has 7 rings (SSSR count). The number of rotatable bonds is 8. The zero-order valence-corrected chi connectivity index (χ0v) is 23.9. The first-order valence-electron chi connectivity index (χ1n) is 15.4. The molecule has 0 amide bonds. The zero-order valence-electron chi connectivity index (χ0n) is 23.9. The molecule has 4 unspecified atom stereocenters. The maximum atomic E-state index is 10.9. The van der Waals surface area contributed by atoms with Crippen molar-refractivity contribution in [2.24, 2.45) is 11.7 Å². The fraction of sp³-hybridized carbons (Fsp3) is 0.793. The lowest BCUT2D eigenvalue weighted by atomic mass is 9.66. The van der Waals surface area contributed by atoms with E-state index >= 15 is 0 Å². The number of aliphatic hydroxyl groups excluding tert-OH is 2. The molecule has 222 valence electrons. The lowest BCUT2D eigenvalue weighted by Gasteiger charge is -2.42. The highest BCUT2D eigenvalue weighted by molar-refractivity contribution is 5.75. The summed E-state index contributed by atoms with van der Waals surface area (Å²) in [5.41, 5.74) is 10.5. The quantitative estimate of drug-likeness (QED) is 0.223. The molecule has 11 heteroatoms. The Kier molecular flexibility index (Phi) is 7.25. The SMILES string of the molecule is CN(C[C@H]1O[C@@H](N2CNC3C(N)NCNC32)[C@H](O)[C@@H]1O)C1CC(CCC2Nc3ccc(C4(C)CCC4)cc3N2)C1. The minimum Gasteiger partial charge on any atom is -0.387 e. The minimum atomic E-state index is -0.954. The number of hydrogen-bond donors (Lipinski definition) is 8. The van der Waals surface area contributed by atoms with Crippen LogP contribution in [0.25, 0.3) is 0 Å². The molecule has 4 aliphatic heterocycles. The van der Waals surface area contributed by atoms with Gasteiger partial charge in [-0.3, -0.25) is 16.0 Å². The molecule has 0 bridgehead atoms. The number of benzene rings is 1. The molecule has 0 radical (unpaired) electrons. The summed E-state index contributed by atoms with van der Waals surface area (Å²) in [5, 5.41) is 39.1. The fourth-order valence-corrected chi connectivity index (χ4v) is 7.85. The smallest absolute Gasteiger partial charge is 0.142 e. The topological polar surface area (TPSA) is 142 Å². The summed E-state index contributed by atoms with van der Waals surface area (Å²) in [7, 11) is 2.12. The van der Waals surface area contributed by atoms with E-state index in [0.29, 0.717) is 37.5 Å². The normalized spacial score (nSPS) is 42.0. The standard InChI is InChI=1S/C29H48N8O3/c1-29(8-3-9-29)17-5-6-19-20(12-17)35-22(34-19)7-4-16-10-18(11-16)36(2)13-21-24(38)25(39)28(40-21)37-15-33-23-26(30)31-14-32-27(23)37/h5-6,12,16,18,21-28,31-35,38-39H,3-4,7-11,13-15,30H2,1-2H3/t16?,18?,21-,22?,23?,24-,25-,26?,27?,28-/m1/s1. The van der Waals surface area contributed by atoms with Crippen molar-refractivity contribution >= 4 is 11.4 Å². The molecule has 0 spiro atoms. The summed E-state index contributed by atoms with van der Waals surface area (Å²) < 4.78 is 6.28. The highest BCUT2D eigenvalue weighted by Crippen LogP contribution is 2.46. The Morgan fingerprint density at radius 2 is 1.88 bits per heavy atom. The van der Waals surface area contributed by atoms with E-state index in [-0.39, 0.29) is 18.4 Å². The first-order chi connectivity index (χ1) is 19.3. The van der Waals surface area contributed by atoms with Gasteiger partial charge in [0.2, 0.25) is 0 Å². The molecule has 2 aliphatic carbocycles. The van der Waals surface area contributed by atoms with Crippen LogP contribution in [0, 0.1) is 5.92 Å². The van der Waals surface area contributed by atoms with E-state index < -0.39 is 24.5 Å². The van der Waals surface area contributed by atoms with Crippen molar-refractivity contribution in [2.45, 2.75) is 112 Å². The molecule has 11 nitrogen and oxygen atoms in total. The van der Waals surface area contributed by atoms with Gasteiger partial charge in [-0.15, -0.1) is 0 Å². The second-order valence-corrected chi connectivity index (χ2v) is 13.5. The van der Waals surface area contributed by atoms with Crippen molar-refractivity contribution in [3.8, 4) is 0 Å². The highest BCUT2D eigenvalue weighted by atomic mass is 16.6. The molecule has 1 aromatic carbocycles. The monoisotopic (exact) mass is 556 g/mol. The number of nitrogens with zero attached hydrogens (tertiary/aromatic N) is 2. The van der Waals surface area contributed by atoms with Gasteiger partial charge in [-0.25, -0.2) is 4.90 Å². The van der Waals surface area contributed by atoms with Gasteiger partial charge in [-0.05, 0) is 74.6 Å². The van der Waals surface area contributed by atoms with Gasteiger partial charge in [-0.2, -0.15) is 0 Å². The number of likely N-dealkylation sites (N-methyl/N-ethyl adjacent to an activating group) is 1. The molecule has 0 aromatic heterocycles. The third-order valence-corrected chi connectivity index (χ3v) is 10.9. The molecule has 8 atom stereocenters. The first-order valence-corrected chi connectivity index (χ1v) is 15.4. The van der Waals surface area contributed by atoms with Crippen molar-refractivity contribution in [3.05, 3.63) is 23.8 Å². The van der Waals surface area contributed by atoms with E-state index in [1.165, 1.54) is 55.5 Å². The third-order valence-electron chi connectivity index (χ3n) is 10.9. The molecule has 3 saturated heterocycles. The Balaban J connectivity index is 0.854. The lowest BCUT2D eigenvalue weighted by Crippen LogP contribution is -2.68. The Hall–Kier alpha value is -1.54. The predicted molar refractivity (Wildman–Crippen MR) is 154 cm³/mol. The molecule has 2 saturated carbocycles. The lowest BCUT2D eigenvalue weighted by molar-refractivity contribution is -0.108. The van der Waals surface area contributed by atoms with Crippen molar-refractivity contribution < 1.29 is 14.9 Å². The van der Waals surface area contributed by atoms with Gasteiger partial charge in [0.05, 0.1) is 42.6 Å². The second-order valence-electron chi connectivity index (χ2n) is 13.5. The Labute approximate surface area is 237 Å². The molecule has 1 aromatic rings. The van der Waals surface area contributed by atoms with Crippen LogP contribution in [0.2, 0.25) is 0 Å². The third kappa shape index (κ3) is 4.83.